The summed E-state index contributed by atoms with van der Waals surface area (Å²) < 4.78 is 5.41. The van der Waals surface area contributed by atoms with Gasteiger partial charge in [-0.1, -0.05) is 31.5 Å². The van der Waals surface area contributed by atoms with E-state index in [0.717, 1.165) is 12.0 Å². The predicted molar refractivity (Wildman–Crippen MR) is 130 cm³/mol. The highest BCUT2D eigenvalue weighted by atomic mass is 32.1. The van der Waals surface area contributed by atoms with Crippen molar-refractivity contribution in [3.05, 3.63) is 75.9 Å². The zero-order valence-corrected chi connectivity index (χ0v) is 19.7. The molecule has 1 N–H and O–H groups in total. The Morgan fingerprint density at radius 1 is 1.21 bits per heavy atom. The van der Waals surface area contributed by atoms with Crippen molar-refractivity contribution in [3.8, 4) is 11.3 Å². The maximum absolute atomic E-state index is 13.1. The van der Waals surface area contributed by atoms with E-state index in [0.29, 0.717) is 33.9 Å². The molecule has 0 saturated heterocycles. The molecule has 0 aliphatic rings. The van der Waals surface area contributed by atoms with Gasteiger partial charge < -0.3 is 9.94 Å². The van der Waals surface area contributed by atoms with Gasteiger partial charge >= 0.3 is 6.09 Å². The van der Waals surface area contributed by atoms with Crippen molar-refractivity contribution in [3.63, 3.8) is 0 Å². The molecule has 0 saturated carbocycles. The van der Waals surface area contributed by atoms with Crippen LogP contribution in [-0.4, -0.2) is 44.4 Å². The number of fused-ring (bicyclic) bond motifs is 1. The largest absolute Gasteiger partial charge is 0.596 e. The Balaban J connectivity index is 1.63. The van der Waals surface area contributed by atoms with E-state index < -0.39 is 10.8 Å². The van der Waals surface area contributed by atoms with Gasteiger partial charge in [-0.25, -0.2) is 14.9 Å². The molecule has 4 aromatic rings. The molecule has 0 fully saturated rings. The molecule has 1 aromatic carbocycles. The topological polar surface area (TPSA) is 109 Å². The number of anilines is 1. The van der Waals surface area contributed by atoms with Crippen molar-refractivity contribution >= 4 is 34.5 Å². The maximum atomic E-state index is 13.1. The number of benzene rings is 1. The molecule has 0 aliphatic heterocycles. The lowest BCUT2D eigenvalue weighted by Crippen LogP contribution is -2.52. The van der Waals surface area contributed by atoms with Gasteiger partial charge in [-0.2, -0.15) is 14.6 Å². The summed E-state index contributed by atoms with van der Waals surface area (Å²) >= 11 is 1.36. The average Bonchev–Trinajstić information content (AvgIpc) is 3.54. The normalized spacial score (nSPS) is 12.9. The van der Waals surface area contributed by atoms with E-state index in [9.17, 15) is 14.8 Å². The fraction of sp³-hybridized carbons (Fsp3) is 0.250. The number of aromatic nitrogens is 3. The van der Waals surface area contributed by atoms with E-state index in [2.05, 4.69) is 15.5 Å². The van der Waals surface area contributed by atoms with Gasteiger partial charge in [0.25, 0.3) is 0 Å². The van der Waals surface area contributed by atoms with Gasteiger partial charge in [-0.05, 0) is 43.0 Å². The number of hydrogen-bond acceptors (Lipinski definition) is 8. The Kier molecular flexibility index (Phi) is 7.01. The summed E-state index contributed by atoms with van der Waals surface area (Å²) in [6.45, 7) is 3.77. The van der Waals surface area contributed by atoms with E-state index >= 15 is 0 Å². The van der Waals surface area contributed by atoms with E-state index in [-0.39, 0.29) is 18.9 Å². The smallest absolute Gasteiger partial charge is 0.541 e. The number of hydrogen-bond donors (Lipinski definition) is 1. The SMILES string of the molecule is CCCCOC(=O)[N+]([O-])(CC)Nc1cccc(-c2ccnc3c(C(=O)c4cccs4)cnn23)c1. The molecule has 10 heteroatoms. The molecule has 34 heavy (non-hydrogen) atoms. The molecule has 4 rings (SSSR count). The Morgan fingerprint density at radius 2 is 2.06 bits per heavy atom. The van der Waals surface area contributed by atoms with E-state index in [4.69, 9.17) is 4.74 Å². The summed E-state index contributed by atoms with van der Waals surface area (Å²) in [5.74, 6) is -0.136. The quantitative estimate of drug-likeness (QED) is 0.150. The van der Waals surface area contributed by atoms with Crippen LogP contribution >= 0.6 is 11.3 Å². The number of nitrogens with one attached hydrogen (secondary N) is 1. The molecule has 0 bridgehead atoms. The lowest BCUT2D eigenvalue weighted by atomic mass is 10.1. The van der Waals surface area contributed by atoms with Crippen LogP contribution in [0.2, 0.25) is 0 Å². The maximum Gasteiger partial charge on any atom is 0.541 e. The van der Waals surface area contributed by atoms with Crippen molar-refractivity contribution in [2.75, 3.05) is 18.6 Å². The number of thiophene rings is 1. The van der Waals surface area contributed by atoms with Gasteiger partial charge in [-0.15, -0.1) is 11.3 Å². The third-order valence-corrected chi connectivity index (χ3v) is 6.19. The van der Waals surface area contributed by atoms with Crippen LogP contribution in [0, 0.1) is 5.21 Å². The number of carbonyl (C=O) groups is 2. The number of nitrogens with zero attached hydrogens (tertiary/aromatic N) is 4. The molecule has 9 nitrogen and oxygen atoms in total. The summed E-state index contributed by atoms with van der Waals surface area (Å²) in [5, 5.41) is 19.3. The van der Waals surface area contributed by atoms with Crippen molar-refractivity contribution in [2.24, 2.45) is 0 Å². The first kappa shape index (κ1) is 23.6. The van der Waals surface area contributed by atoms with Crippen LogP contribution in [-0.2, 0) is 4.74 Å². The van der Waals surface area contributed by atoms with E-state index in [1.54, 1.807) is 48.0 Å². The van der Waals surface area contributed by atoms with Crippen molar-refractivity contribution in [1.29, 1.82) is 0 Å². The number of ketones is 1. The summed E-state index contributed by atoms with van der Waals surface area (Å²) in [4.78, 5) is 30.2. The van der Waals surface area contributed by atoms with E-state index in [1.807, 2.05) is 24.4 Å². The standard InChI is InChI=1S/C24H25N5O4S/c1-3-5-13-33-24(31)29(32,4-2)27-18-9-6-8-17(15-18)20-11-12-25-23-19(16-26-28(20)23)22(30)21-10-7-14-34-21/h6-12,14-16,27H,3-5,13H2,1-2H3. The number of amides is 1. The fourth-order valence-corrected chi connectivity index (χ4v) is 4.11. The van der Waals surface area contributed by atoms with Gasteiger partial charge in [0.05, 0.1) is 34.6 Å². The molecular weight excluding hydrogens is 454 g/mol. The van der Waals surface area contributed by atoms with Crippen LogP contribution in [0.15, 0.2) is 60.2 Å². The first-order chi connectivity index (χ1) is 16.5. The van der Waals surface area contributed by atoms with Crippen LogP contribution in [0.1, 0.15) is 41.9 Å². The minimum absolute atomic E-state index is 0.0396. The van der Waals surface area contributed by atoms with Crippen LogP contribution in [0.3, 0.4) is 0 Å². The molecule has 0 aliphatic carbocycles. The van der Waals surface area contributed by atoms with Gasteiger partial charge in [-0.3, -0.25) is 4.79 Å². The lowest BCUT2D eigenvalue weighted by molar-refractivity contribution is -0.782. The first-order valence-electron chi connectivity index (χ1n) is 11.0. The molecule has 0 radical (unpaired) electrons. The highest BCUT2D eigenvalue weighted by molar-refractivity contribution is 7.12. The molecule has 1 unspecified atom stereocenters. The number of quaternary nitrogens is 1. The molecule has 3 heterocycles. The zero-order chi connectivity index (χ0) is 24.1. The Hall–Kier alpha value is -3.60. The second-order valence-corrected chi connectivity index (χ2v) is 8.59. The van der Waals surface area contributed by atoms with Crippen LogP contribution in [0.4, 0.5) is 10.5 Å². The first-order valence-corrected chi connectivity index (χ1v) is 11.9. The summed E-state index contributed by atoms with van der Waals surface area (Å²) in [7, 11) is 0. The Morgan fingerprint density at radius 3 is 2.79 bits per heavy atom. The summed E-state index contributed by atoms with van der Waals surface area (Å²) in [5.41, 5.74) is 5.47. The predicted octanol–water partition coefficient (Wildman–Crippen LogP) is 5.29. The molecule has 176 valence electrons. The van der Waals surface area contributed by atoms with Crippen molar-refractivity contribution < 1.29 is 19.1 Å². The second-order valence-electron chi connectivity index (χ2n) is 7.65. The van der Waals surface area contributed by atoms with Gasteiger partial charge in [0.2, 0.25) is 5.78 Å². The minimum atomic E-state index is -1.33. The van der Waals surface area contributed by atoms with Crippen molar-refractivity contribution in [2.45, 2.75) is 26.7 Å². The molecule has 1 amide bonds. The monoisotopic (exact) mass is 479 g/mol. The van der Waals surface area contributed by atoms with Gasteiger partial charge in [0.1, 0.15) is 6.54 Å². The zero-order valence-electron chi connectivity index (χ0n) is 18.9. The number of hydroxylamine groups is 2. The fourth-order valence-electron chi connectivity index (χ4n) is 3.43. The molecule has 3 aromatic heterocycles. The third kappa shape index (κ3) is 4.69. The Bertz CT molecular complexity index is 1300. The van der Waals surface area contributed by atoms with Gasteiger partial charge in [0, 0.05) is 11.8 Å². The van der Waals surface area contributed by atoms with Crippen LogP contribution in [0.5, 0.6) is 0 Å². The number of carbonyl (C=O) groups excluding carboxylic acids is 2. The highest BCUT2D eigenvalue weighted by Crippen LogP contribution is 2.26. The summed E-state index contributed by atoms with van der Waals surface area (Å²) in [6, 6.07) is 12.4. The second kappa shape index (κ2) is 10.1. The number of rotatable bonds is 9. The highest BCUT2D eigenvalue weighted by Gasteiger charge is 2.29. The average molecular weight is 480 g/mol. The molecule has 0 spiro atoms. The van der Waals surface area contributed by atoms with Crippen molar-refractivity contribution in [1.82, 2.24) is 14.6 Å². The molecular formula is C24H25N5O4S. The minimum Gasteiger partial charge on any atom is -0.596 e. The van der Waals surface area contributed by atoms with Crippen LogP contribution < -0.4 is 5.43 Å². The van der Waals surface area contributed by atoms with Gasteiger partial charge in [0.15, 0.2) is 5.65 Å². The molecule has 1 atom stereocenters. The van der Waals surface area contributed by atoms with Crippen LogP contribution in [0.25, 0.3) is 16.9 Å². The number of ether oxygens (including phenoxy) is 1. The number of unbranched alkanes of at least 4 members (excludes halogenated alkanes) is 1. The summed E-state index contributed by atoms with van der Waals surface area (Å²) in [6.07, 6.45) is 3.81. The lowest BCUT2D eigenvalue weighted by Gasteiger charge is -2.36. The van der Waals surface area contributed by atoms with E-state index in [1.165, 1.54) is 17.5 Å². The third-order valence-electron chi connectivity index (χ3n) is 5.32. The Labute approximate surface area is 200 Å².